The van der Waals surface area contributed by atoms with Crippen molar-refractivity contribution in [2.75, 3.05) is 19.8 Å². The van der Waals surface area contributed by atoms with Gasteiger partial charge in [0.2, 0.25) is 5.56 Å². The van der Waals surface area contributed by atoms with E-state index in [9.17, 15) is 19.2 Å². The lowest BCUT2D eigenvalue weighted by Gasteiger charge is -2.33. The van der Waals surface area contributed by atoms with Gasteiger partial charge in [-0.2, -0.15) is 0 Å². The van der Waals surface area contributed by atoms with Crippen LogP contribution in [0.2, 0.25) is 0 Å². The lowest BCUT2D eigenvalue weighted by atomic mass is 10.0. The Labute approximate surface area is 161 Å². The van der Waals surface area contributed by atoms with Crippen molar-refractivity contribution >= 4 is 28.7 Å². The van der Waals surface area contributed by atoms with E-state index in [1.54, 1.807) is 31.2 Å². The summed E-state index contributed by atoms with van der Waals surface area (Å²) in [7, 11) is 0. The van der Waals surface area contributed by atoms with Crippen LogP contribution in [0.15, 0.2) is 35.1 Å². The van der Waals surface area contributed by atoms with Crippen LogP contribution in [0.3, 0.4) is 0 Å². The lowest BCUT2D eigenvalue weighted by Crippen LogP contribution is -2.50. The third-order valence-corrected chi connectivity index (χ3v) is 4.68. The molecule has 1 aliphatic rings. The maximum atomic E-state index is 12.6. The number of nitrogens with zero attached hydrogens (tertiary/aromatic N) is 1. The Morgan fingerprint density at radius 1 is 1.18 bits per heavy atom. The quantitative estimate of drug-likeness (QED) is 0.783. The number of benzene rings is 1. The minimum Gasteiger partial charge on any atom is -0.464 e. The van der Waals surface area contributed by atoms with E-state index in [0.29, 0.717) is 23.9 Å². The van der Waals surface area contributed by atoms with Crippen LogP contribution >= 0.6 is 0 Å². The molecule has 148 valence electrons. The molecule has 1 atom stereocenters. The monoisotopic (exact) mass is 386 g/mol. The molecule has 1 aromatic carbocycles. The second-order valence-corrected chi connectivity index (χ2v) is 6.52. The number of nitrogens with one attached hydrogen (secondary N) is 1. The number of H-pyrrole nitrogens is 1. The van der Waals surface area contributed by atoms with Gasteiger partial charge in [-0.15, -0.1) is 0 Å². The molecule has 0 unspecified atom stereocenters. The molecule has 1 aliphatic heterocycles. The van der Waals surface area contributed by atoms with Gasteiger partial charge in [0, 0.05) is 23.5 Å². The first-order valence-electron chi connectivity index (χ1n) is 9.26. The Kier molecular flexibility index (Phi) is 6.08. The van der Waals surface area contributed by atoms with Crippen LogP contribution in [0.5, 0.6) is 0 Å². The van der Waals surface area contributed by atoms with Crippen molar-refractivity contribution < 1.29 is 23.9 Å². The van der Waals surface area contributed by atoms with E-state index in [4.69, 9.17) is 9.47 Å². The highest BCUT2D eigenvalue weighted by atomic mass is 16.5. The summed E-state index contributed by atoms with van der Waals surface area (Å²) in [4.78, 5) is 53.0. The number of carbonyl (C=O) groups is 3. The number of ether oxygens (including phenoxy) is 2. The van der Waals surface area contributed by atoms with Gasteiger partial charge in [-0.3, -0.25) is 9.59 Å². The second-order valence-electron chi connectivity index (χ2n) is 6.52. The third kappa shape index (κ3) is 4.21. The highest BCUT2D eigenvalue weighted by Crippen LogP contribution is 2.19. The molecule has 1 fully saturated rings. The molecule has 2 aromatic rings. The van der Waals surface area contributed by atoms with Crippen LogP contribution in [-0.2, 0) is 19.1 Å². The van der Waals surface area contributed by atoms with Crippen LogP contribution < -0.4 is 5.56 Å². The maximum absolute atomic E-state index is 12.6. The summed E-state index contributed by atoms with van der Waals surface area (Å²) in [6.45, 7) is 1.85. The van der Waals surface area contributed by atoms with Crippen LogP contribution in [0.1, 0.15) is 36.5 Å². The van der Waals surface area contributed by atoms with Crippen LogP contribution in [-0.4, -0.2) is 53.5 Å². The average Bonchev–Trinajstić information content (AvgIpc) is 2.71. The number of esters is 2. The first-order valence-corrected chi connectivity index (χ1v) is 9.26. The van der Waals surface area contributed by atoms with Gasteiger partial charge >= 0.3 is 11.9 Å². The molecule has 28 heavy (non-hydrogen) atoms. The number of hydrogen-bond acceptors (Lipinski definition) is 6. The molecular formula is C20H22N2O6. The Hall–Kier alpha value is -3.16. The van der Waals surface area contributed by atoms with Gasteiger partial charge in [-0.1, -0.05) is 18.2 Å². The first-order chi connectivity index (χ1) is 13.5. The number of aromatic nitrogens is 1. The van der Waals surface area contributed by atoms with Gasteiger partial charge in [0.15, 0.2) is 6.61 Å². The summed E-state index contributed by atoms with van der Waals surface area (Å²) < 4.78 is 10.2. The fraction of sp³-hybridized carbons (Fsp3) is 0.400. The van der Waals surface area contributed by atoms with E-state index in [-0.39, 0.29) is 12.2 Å². The van der Waals surface area contributed by atoms with E-state index < -0.39 is 36.1 Å². The summed E-state index contributed by atoms with van der Waals surface area (Å²) >= 11 is 0. The molecule has 1 amide bonds. The molecule has 0 aliphatic carbocycles. The zero-order chi connectivity index (χ0) is 20.1. The number of carbonyl (C=O) groups excluding carboxylic acids is 3. The van der Waals surface area contributed by atoms with E-state index >= 15 is 0 Å². The Balaban J connectivity index is 1.71. The summed E-state index contributed by atoms with van der Waals surface area (Å²) in [5.41, 5.74) is 0.162. The van der Waals surface area contributed by atoms with E-state index in [0.717, 1.165) is 18.9 Å². The van der Waals surface area contributed by atoms with Gasteiger partial charge in [-0.25, -0.2) is 9.59 Å². The number of aromatic amines is 1. The van der Waals surface area contributed by atoms with E-state index in [2.05, 4.69) is 4.98 Å². The van der Waals surface area contributed by atoms with Crippen molar-refractivity contribution in [3.05, 3.63) is 46.2 Å². The Bertz CT molecular complexity index is 951. The highest BCUT2D eigenvalue weighted by molar-refractivity contribution is 6.03. The molecule has 1 saturated heterocycles. The number of likely N-dealkylation sites (tertiary alicyclic amines) is 1. The fourth-order valence-electron chi connectivity index (χ4n) is 3.38. The molecule has 8 nitrogen and oxygen atoms in total. The maximum Gasteiger partial charge on any atom is 0.339 e. The van der Waals surface area contributed by atoms with Crippen molar-refractivity contribution in [2.45, 2.75) is 32.2 Å². The normalized spacial score (nSPS) is 16.6. The number of fused-ring (bicyclic) bond motifs is 1. The third-order valence-electron chi connectivity index (χ3n) is 4.68. The summed E-state index contributed by atoms with van der Waals surface area (Å²) in [5.74, 6) is -1.66. The number of pyridine rings is 1. The molecule has 0 saturated carbocycles. The molecular weight excluding hydrogens is 364 g/mol. The van der Waals surface area contributed by atoms with Gasteiger partial charge in [0.25, 0.3) is 5.91 Å². The van der Waals surface area contributed by atoms with Crippen LogP contribution in [0.4, 0.5) is 0 Å². The van der Waals surface area contributed by atoms with Crippen LogP contribution in [0, 0.1) is 0 Å². The summed E-state index contributed by atoms with van der Waals surface area (Å²) in [6, 6.07) is 7.34. The number of para-hydroxylation sites is 1. The summed E-state index contributed by atoms with van der Waals surface area (Å²) in [6.07, 6.45) is 2.12. The predicted molar refractivity (Wildman–Crippen MR) is 101 cm³/mol. The van der Waals surface area contributed by atoms with Crippen molar-refractivity contribution in [3.8, 4) is 0 Å². The zero-order valence-corrected chi connectivity index (χ0v) is 15.6. The smallest absolute Gasteiger partial charge is 0.339 e. The molecule has 1 N–H and O–H groups in total. The lowest BCUT2D eigenvalue weighted by molar-refractivity contribution is -0.157. The molecule has 8 heteroatoms. The standard InChI is InChI=1S/C20H22N2O6/c1-2-27-20(26)16-9-5-6-10-22(16)18(24)12-28-19(25)14-11-17(23)21-15-8-4-3-7-13(14)15/h3-4,7-8,11,16H,2,5-6,9-10,12H2,1H3,(H,21,23)/t16-/m1/s1. The van der Waals surface area contributed by atoms with Gasteiger partial charge < -0.3 is 19.4 Å². The SMILES string of the molecule is CCOC(=O)[C@H]1CCCCN1C(=O)COC(=O)c1cc(=O)[nH]c2ccccc12. The van der Waals surface area contributed by atoms with E-state index in [1.165, 1.54) is 4.90 Å². The topological polar surface area (TPSA) is 106 Å². The van der Waals surface area contributed by atoms with E-state index in [1.807, 2.05) is 0 Å². The molecule has 1 aromatic heterocycles. The molecule has 0 bridgehead atoms. The largest absolute Gasteiger partial charge is 0.464 e. The molecule has 0 spiro atoms. The fourth-order valence-corrected chi connectivity index (χ4v) is 3.38. The average molecular weight is 386 g/mol. The van der Waals surface area contributed by atoms with Gasteiger partial charge in [0.1, 0.15) is 6.04 Å². The Morgan fingerprint density at radius 3 is 2.75 bits per heavy atom. The van der Waals surface area contributed by atoms with Crippen molar-refractivity contribution in [1.29, 1.82) is 0 Å². The predicted octanol–water partition coefficient (Wildman–Crippen LogP) is 1.63. The molecule has 3 rings (SSSR count). The number of hydrogen-bond donors (Lipinski definition) is 1. The number of rotatable bonds is 5. The molecule has 0 radical (unpaired) electrons. The van der Waals surface area contributed by atoms with Crippen molar-refractivity contribution in [1.82, 2.24) is 9.88 Å². The number of piperidine rings is 1. The zero-order valence-electron chi connectivity index (χ0n) is 15.6. The highest BCUT2D eigenvalue weighted by Gasteiger charge is 2.33. The minimum atomic E-state index is -0.764. The van der Waals surface area contributed by atoms with Crippen molar-refractivity contribution in [3.63, 3.8) is 0 Å². The van der Waals surface area contributed by atoms with Crippen LogP contribution in [0.25, 0.3) is 10.9 Å². The molecule has 2 heterocycles. The first kappa shape index (κ1) is 19.6. The minimum absolute atomic E-state index is 0.0905. The van der Waals surface area contributed by atoms with Gasteiger partial charge in [-0.05, 0) is 32.3 Å². The second kappa shape index (κ2) is 8.69. The Morgan fingerprint density at radius 2 is 1.96 bits per heavy atom. The summed E-state index contributed by atoms with van der Waals surface area (Å²) in [5, 5.41) is 0.530. The van der Waals surface area contributed by atoms with Crippen molar-refractivity contribution in [2.24, 2.45) is 0 Å². The van der Waals surface area contributed by atoms with Gasteiger partial charge in [0.05, 0.1) is 12.2 Å². The number of amides is 1.